The van der Waals surface area contributed by atoms with E-state index in [9.17, 15) is 4.79 Å². The number of hydrogen-bond acceptors (Lipinski definition) is 7. The summed E-state index contributed by atoms with van der Waals surface area (Å²) in [6.45, 7) is 3.39. The SMILES string of the molecule is COc1ccc(C(CNC(=O)c2ccc(OC)c(OCCO)c2)N2CCOCC2)cc1. The molecular weight excluding hydrogens is 400 g/mol. The van der Waals surface area contributed by atoms with Crippen LogP contribution in [0.2, 0.25) is 0 Å². The van der Waals surface area contributed by atoms with E-state index >= 15 is 0 Å². The Kier molecular flexibility index (Phi) is 8.52. The summed E-state index contributed by atoms with van der Waals surface area (Å²) in [5, 5.41) is 12.1. The van der Waals surface area contributed by atoms with E-state index in [2.05, 4.69) is 10.2 Å². The summed E-state index contributed by atoms with van der Waals surface area (Å²) in [5.41, 5.74) is 1.56. The molecule has 8 heteroatoms. The molecule has 8 nitrogen and oxygen atoms in total. The van der Waals surface area contributed by atoms with Gasteiger partial charge in [-0.05, 0) is 35.9 Å². The van der Waals surface area contributed by atoms with Crippen molar-refractivity contribution in [3.05, 3.63) is 53.6 Å². The van der Waals surface area contributed by atoms with Crippen LogP contribution >= 0.6 is 0 Å². The fraction of sp³-hybridized carbons (Fsp3) is 0.435. The molecule has 2 N–H and O–H groups in total. The van der Waals surface area contributed by atoms with Gasteiger partial charge in [-0.2, -0.15) is 0 Å². The van der Waals surface area contributed by atoms with E-state index in [4.69, 9.17) is 24.1 Å². The number of aliphatic hydroxyl groups is 1. The quantitative estimate of drug-likeness (QED) is 0.595. The van der Waals surface area contributed by atoms with Gasteiger partial charge in [-0.15, -0.1) is 0 Å². The summed E-state index contributed by atoms with van der Waals surface area (Å²) in [5.74, 6) is 1.52. The highest BCUT2D eigenvalue weighted by Gasteiger charge is 2.24. The molecule has 1 unspecified atom stereocenters. The molecule has 0 aromatic heterocycles. The van der Waals surface area contributed by atoms with Gasteiger partial charge in [-0.1, -0.05) is 12.1 Å². The number of aliphatic hydroxyl groups excluding tert-OH is 1. The van der Waals surface area contributed by atoms with Crippen LogP contribution in [0.1, 0.15) is 22.0 Å². The van der Waals surface area contributed by atoms with E-state index in [1.807, 2.05) is 24.3 Å². The fourth-order valence-electron chi connectivity index (χ4n) is 3.55. The van der Waals surface area contributed by atoms with Crippen molar-refractivity contribution in [1.82, 2.24) is 10.2 Å². The molecule has 2 aromatic carbocycles. The molecule has 1 aliphatic heterocycles. The lowest BCUT2D eigenvalue weighted by Gasteiger charge is -2.35. The van der Waals surface area contributed by atoms with Gasteiger partial charge in [0.15, 0.2) is 11.5 Å². The molecule has 0 aliphatic carbocycles. The first-order valence-corrected chi connectivity index (χ1v) is 10.3. The number of hydrogen-bond donors (Lipinski definition) is 2. The Morgan fingerprint density at radius 1 is 1.10 bits per heavy atom. The molecule has 1 amide bonds. The van der Waals surface area contributed by atoms with Gasteiger partial charge in [0, 0.05) is 25.2 Å². The molecule has 1 heterocycles. The van der Waals surface area contributed by atoms with Gasteiger partial charge in [0.05, 0.1) is 40.1 Å². The molecule has 0 saturated carbocycles. The summed E-state index contributed by atoms with van der Waals surface area (Å²) in [7, 11) is 3.17. The third-order valence-corrected chi connectivity index (χ3v) is 5.22. The van der Waals surface area contributed by atoms with E-state index in [-0.39, 0.29) is 25.2 Å². The lowest BCUT2D eigenvalue weighted by Crippen LogP contribution is -2.43. The molecule has 1 saturated heterocycles. The fourth-order valence-corrected chi connectivity index (χ4v) is 3.55. The zero-order chi connectivity index (χ0) is 22.1. The van der Waals surface area contributed by atoms with Crippen LogP contribution in [0.3, 0.4) is 0 Å². The van der Waals surface area contributed by atoms with Gasteiger partial charge in [0.25, 0.3) is 5.91 Å². The Morgan fingerprint density at radius 2 is 1.84 bits per heavy atom. The van der Waals surface area contributed by atoms with Crippen molar-refractivity contribution in [3.8, 4) is 17.2 Å². The van der Waals surface area contributed by atoms with Gasteiger partial charge < -0.3 is 29.4 Å². The predicted molar refractivity (Wildman–Crippen MR) is 116 cm³/mol. The van der Waals surface area contributed by atoms with Crippen LogP contribution in [-0.2, 0) is 4.74 Å². The summed E-state index contributed by atoms with van der Waals surface area (Å²) in [4.78, 5) is 15.2. The van der Waals surface area contributed by atoms with Crippen LogP contribution in [0.4, 0.5) is 0 Å². The van der Waals surface area contributed by atoms with Crippen molar-refractivity contribution in [2.45, 2.75) is 6.04 Å². The molecule has 1 aliphatic rings. The minimum atomic E-state index is -0.205. The molecule has 0 radical (unpaired) electrons. The third kappa shape index (κ3) is 6.10. The zero-order valence-electron chi connectivity index (χ0n) is 18.0. The van der Waals surface area contributed by atoms with Gasteiger partial charge in [0.1, 0.15) is 12.4 Å². The molecule has 1 fully saturated rings. The molecule has 0 spiro atoms. The Labute approximate surface area is 182 Å². The van der Waals surface area contributed by atoms with E-state index in [1.54, 1.807) is 25.3 Å². The molecular formula is C23H30N2O6. The maximum absolute atomic E-state index is 12.9. The van der Waals surface area contributed by atoms with Crippen molar-refractivity contribution in [2.24, 2.45) is 0 Å². The molecule has 1 atom stereocenters. The summed E-state index contributed by atoms with van der Waals surface area (Å²) in [6, 6.07) is 12.9. The van der Waals surface area contributed by atoms with Gasteiger partial charge in [-0.3, -0.25) is 9.69 Å². The van der Waals surface area contributed by atoms with Crippen LogP contribution in [0.25, 0.3) is 0 Å². The van der Waals surface area contributed by atoms with Crippen LogP contribution < -0.4 is 19.5 Å². The molecule has 168 valence electrons. The highest BCUT2D eigenvalue weighted by atomic mass is 16.5. The first kappa shape index (κ1) is 22.9. The Morgan fingerprint density at radius 3 is 2.48 bits per heavy atom. The van der Waals surface area contributed by atoms with Crippen molar-refractivity contribution < 1.29 is 28.8 Å². The molecule has 0 bridgehead atoms. The topological polar surface area (TPSA) is 89.5 Å². The van der Waals surface area contributed by atoms with E-state index < -0.39 is 0 Å². The largest absolute Gasteiger partial charge is 0.497 e. The highest BCUT2D eigenvalue weighted by molar-refractivity contribution is 5.94. The van der Waals surface area contributed by atoms with Crippen LogP contribution in [0, 0.1) is 0 Å². The van der Waals surface area contributed by atoms with E-state index in [0.29, 0.717) is 36.8 Å². The Hall–Kier alpha value is -2.81. The number of morpholine rings is 1. The average Bonchev–Trinajstić information content (AvgIpc) is 2.83. The molecule has 3 rings (SSSR count). The number of nitrogens with zero attached hydrogens (tertiary/aromatic N) is 1. The summed E-state index contributed by atoms with van der Waals surface area (Å²) >= 11 is 0. The monoisotopic (exact) mass is 430 g/mol. The standard InChI is InChI=1S/C23H30N2O6/c1-28-19-6-3-17(4-7-19)20(25-9-12-30-13-10-25)16-24-23(27)18-5-8-21(29-2)22(15-18)31-14-11-26/h3-8,15,20,26H,9-14,16H2,1-2H3,(H,24,27). The Balaban J connectivity index is 1.73. The third-order valence-electron chi connectivity index (χ3n) is 5.22. The summed E-state index contributed by atoms with van der Waals surface area (Å²) in [6.07, 6.45) is 0. The van der Waals surface area contributed by atoms with Crippen LogP contribution in [0.5, 0.6) is 17.2 Å². The minimum absolute atomic E-state index is 0.0158. The number of carbonyl (C=O) groups excluding carboxylic acids is 1. The normalized spacial score (nSPS) is 15.2. The van der Waals surface area contributed by atoms with Crippen LogP contribution in [-0.4, -0.2) is 76.2 Å². The number of carbonyl (C=O) groups is 1. The van der Waals surface area contributed by atoms with Crippen molar-refractivity contribution in [1.29, 1.82) is 0 Å². The van der Waals surface area contributed by atoms with E-state index in [0.717, 1.165) is 24.4 Å². The first-order valence-electron chi connectivity index (χ1n) is 10.3. The number of rotatable bonds is 10. The lowest BCUT2D eigenvalue weighted by atomic mass is 10.0. The van der Waals surface area contributed by atoms with Crippen LogP contribution in [0.15, 0.2) is 42.5 Å². The second-order valence-corrected chi connectivity index (χ2v) is 7.09. The van der Waals surface area contributed by atoms with Gasteiger partial charge in [0.2, 0.25) is 0 Å². The molecule has 31 heavy (non-hydrogen) atoms. The van der Waals surface area contributed by atoms with Gasteiger partial charge >= 0.3 is 0 Å². The lowest BCUT2D eigenvalue weighted by molar-refractivity contribution is 0.0162. The number of benzene rings is 2. The minimum Gasteiger partial charge on any atom is -0.497 e. The maximum Gasteiger partial charge on any atom is 0.251 e. The highest BCUT2D eigenvalue weighted by Crippen LogP contribution is 2.28. The number of nitrogens with one attached hydrogen (secondary N) is 1. The molecule has 2 aromatic rings. The number of amides is 1. The zero-order valence-corrected chi connectivity index (χ0v) is 18.0. The maximum atomic E-state index is 12.9. The first-order chi connectivity index (χ1) is 15.2. The smallest absolute Gasteiger partial charge is 0.251 e. The van der Waals surface area contributed by atoms with Crippen molar-refractivity contribution >= 4 is 5.91 Å². The Bertz CT molecular complexity index is 836. The summed E-state index contributed by atoms with van der Waals surface area (Å²) < 4.78 is 21.5. The van der Waals surface area contributed by atoms with Gasteiger partial charge in [-0.25, -0.2) is 0 Å². The number of ether oxygens (including phenoxy) is 4. The second-order valence-electron chi connectivity index (χ2n) is 7.09. The van der Waals surface area contributed by atoms with E-state index in [1.165, 1.54) is 7.11 Å². The number of methoxy groups -OCH3 is 2. The predicted octanol–water partition coefficient (Wildman–Crippen LogP) is 1.88. The van der Waals surface area contributed by atoms with Crippen molar-refractivity contribution in [2.75, 3.05) is 60.3 Å². The van der Waals surface area contributed by atoms with Crippen molar-refractivity contribution in [3.63, 3.8) is 0 Å². The second kappa shape index (κ2) is 11.5. The average molecular weight is 431 g/mol.